The van der Waals surface area contributed by atoms with Gasteiger partial charge in [0.05, 0.1) is 19.8 Å². The molecule has 0 spiro atoms. The number of anilines is 2. The van der Waals surface area contributed by atoms with Crippen LogP contribution in [0.4, 0.5) is 11.8 Å². The molecule has 1 aromatic rings. The van der Waals surface area contributed by atoms with Crippen molar-refractivity contribution in [2.24, 2.45) is 0 Å². The first-order valence-electron chi connectivity index (χ1n) is 8.16. The van der Waals surface area contributed by atoms with Gasteiger partial charge in [-0.2, -0.15) is 9.97 Å². The summed E-state index contributed by atoms with van der Waals surface area (Å²) in [7, 11) is -4.30. The van der Waals surface area contributed by atoms with Crippen LogP contribution in [-0.4, -0.2) is 80.7 Å². The number of nitrogen functional groups attached to an aromatic ring is 2. The first kappa shape index (κ1) is 24.5. The predicted molar refractivity (Wildman–Crippen MR) is 97.2 cm³/mol. The third-order valence-electron chi connectivity index (χ3n) is 3.11. The molecule has 0 aromatic carbocycles. The van der Waals surface area contributed by atoms with Crippen molar-refractivity contribution in [2.45, 2.75) is 31.8 Å². The number of aliphatic hydroxyl groups excluding tert-OH is 2. The van der Waals surface area contributed by atoms with Gasteiger partial charge in [0.2, 0.25) is 11.8 Å². The summed E-state index contributed by atoms with van der Waals surface area (Å²) in [6, 6.07) is 1.31. The molecule has 0 saturated carbocycles. The molecule has 2 atom stereocenters. The van der Waals surface area contributed by atoms with E-state index in [2.05, 4.69) is 9.97 Å². The molecule has 2 unspecified atom stereocenters. The molecule has 13 nitrogen and oxygen atoms in total. The molecule has 28 heavy (non-hydrogen) atoms. The zero-order valence-electron chi connectivity index (χ0n) is 15.6. The Morgan fingerprint density at radius 3 is 2.46 bits per heavy atom. The maximum atomic E-state index is 10.6. The number of aromatic nitrogens is 2. The Kier molecular flexibility index (Phi) is 9.47. The van der Waals surface area contributed by atoms with Gasteiger partial charge in [0.1, 0.15) is 31.0 Å². The minimum atomic E-state index is -4.30. The summed E-state index contributed by atoms with van der Waals surface area (Å²) in [6.07, 6.45) is -1.85. The van der Waals surface area contributed by atoms with Gasteiger partial charge in [-0.05, 0) is 13.8 Å². The molecule has 1 aromatic heterocycles. The third-order valence-corrected chi connectivity index (χ3v) is 3.60. The fourth-order valence-corrected chi connectivity index (χ4v) is 2.33. The van der Waals surface area contributed by atoms with Crippen molar-refractivity contribution in [1.29, 1.82) is 0 Å². The van der Waals surface area contributed by atoms with Crippen molar-refractivity contribution in [2.75, 3.05) is 44.2 Å². The zero-order chi connectivity index (χ0) is 21.4. The van der Waals surface area contributed by atoms with Crippen molar-refractivity contribution in [3.05, 3.63) is 6.07 Å². The van der Waals surface area contributed by atoms with E-state index in [4.69, 9.17) is 50.4 Å². The van der Waals surface area contributed by atoms with Gasteiger partial charge in [-0.25, -0.2) is 0 Å². The van der Waals surface area contributed by atoms with E-state index in [-0.39, 0.29) is 37.0 Å². The van der Waals surface area contributed by atoms with E-state index in [0.29, 0.717) is 6.61 Å². The minimum absolute atomic E-state index is 0.0451. The second-order valence-corrected chi connectivity index (χ2v) is 7.79. The maximum absolute atomic E-state index is 10.6. The zero-order valence-corrected chi connectivity index (χ0v) is 16.5. The van der Waals surface area contributed by atoms with Crippen LogP contribution in [0.3, 0.4) is 0 Å². The monoisotopic (exact) mass is 426 g/mol. The van der Waals surface area contributed by atoms with E-state index in [1.165, 1.54) is 6.07 Å². The van der Waals surface area contributed by atoms with E-state index < -0.39 is 32.4 Å². The SMILES string of the molecule is CC1(C)OCC(CO)O1.Nc1cc(OCC(CO)OCP(=O)(O)O)nc(N)n1. The lowest BCUT2D eigenvalue weighted by Crippen LogP contribution is -2.26. The smallest absolute Gasteiger partial charge is 0.350 e. The number of ether oxygens (including phenoxy) is 4. The Morgan fingerprint density at radius 1 is 1.36 bits per heavy atom. The highest BCUT2D eigenvalue weighted by Crippen LogP contribution is 2.34. The normalized spacial score (nSPS) is 19.6. The average Bonchev–Trinajstić information content (AvgIpc) is 2.93. The molecule has 2 heterocycles. The van der Waals surface area contributed by atoms with Crippen molar-refractivity contribution in [3.63, 3.8) is 0 Å². The number of hydrogen-bond donors (Lipinski definition) is 6. The van der Waals surface area contributed by atoms with E-state index in [9.17, 15) is 4.57 Å². The fraction of sp³-hybridized carbons (Fsp3) is 0.714. The van der Waals surface area contributed by atoms with Crippen LogP contribution in [0, 0.1) is 0 Å². The Hall–Kier alpha value is -1.57. The van der Waals surface area contributed by atoms with E-state index in [0.717, 1.165) is 0 Å². The van der Waals surface area contributed by atoms with Crippen LogP contribution in [0.15, 0.2) is 6.07 Å². The predicted octanol–water partition coefficient (Wildman–Crippen LogP) is -1.34. The van der Waals surface area contributed by atoms with E-state index >= 15 is 0 Å². The summed E-state index contributed by atoms with van der Waals surface area (Å²) in [5.41, 5.74) is 10.8. The molecule has 8 N–H and O–H groups in total. The lowest BCUT2D eigenvalue weighted by molar-refractivity contribution is -0.142. The van der Waals surface area contributed by atoms with Gasteiger partial charge >= 0.3 is 7.60 Å². The van der Waals surface area contributed by atoms with Gasteiger partial charge in [-0.1, -0.05) is 0 Å². The number of rotatable bonds is 8. The molecular weight excluding hydrogens is 399 g/mol. The molecular formula is C14H27N4O9P. The van der Waals surface area contributed by atoms with Crippen LogP contribution in [0.2, 0.25) is 0 Å². The van der Waals surface area contributed by atoms with Crippen molar-refractivity contribution >= 4 is 19.4 Å². The molecule has 1 saturated heterocycles. The largest absolute Gasteiger partial charge is 0.475 e. The number of nitrogens with zero attached hydrogens (tertiary/aromatic N) is 2. The highest BCUT2D eigenvalue weighted by molar-refractivity contribution is 7.51. The van der Waals surface area contributed by atoms with E-state index in [1.54, 1.807) is 0 Å². The first-order valence-corrected chi connectivity index (χ1v) is 9.96. The topological polar surface area (TPSA) is 213 Å². The van der Waals surface area contributed by atoms with Gasteiger partial charge in [0, 0.05) is 6.07 Å². The molecule has 2 rings (SSSR count). The summed E-state index contributed by atoms with van der Waals surface area (Å²) < 4.78 is 30.9. The highest BCUT2D eigenvalue weighted by atomic mass is 31.2. The van der Waals surface area contributed by atoms with Gasteiger partial charge in [-0.15, -0.1) is 0 Å². The molecule has 162 valence electrons. The van der Waals surface area contributed by atoms with Crippen LogP contribution >= 0.6 is 7.60 Å². The second kappa shape index (κ2) is 10.8. The van der Waals surface area contributed by atoms with Crippen LogP contribution in [-0.2, 0) is 18.8 Å². The van der Waals surface area contributed by atoms with Crippen LogP contribution in [0.1, 0.15) is 13.8 Å². The van der Waals surface area contributed by atoms with Crippen molar-refractivity contribution in [3.8, 4) is 5.88 Å². The lowest BCUT2D eigenvalue weighted by Gasteiger charge is -2.16. The molecule has 14 heteroatoms. The Balaban J connectivity index is 0.000000362. The average molecular weight is 426 g/mol. The third kappa shape index (κ3) is 10.1. The number of hydrogen-bond acceptors (Lipinski definition) is 11. The number of aliphatic hydroxyl groups is 2. The molecule has 0 radical (unpaired) electrons. The Morgan fingerprint density at radius 2 is 2.04 bits per heavy atom. The van der Waals surface area contributed by atoms with Crippen LogP contribution in [0.25, 0.3) is 0 Å². The summed E-state index contributed by atoms with van der Waals surface area (Å²) >= 11 is 0. The quantitative estimate of drug-likeness (QED) is 0.266. The molecule has 1 aliphatic rings. The van der Waals surface area contributed by atoms with Gasteiger partial charge in [-0.3, -0.25) is 4.57 Å². The van der Waals surface area contributed by atoms with Gasteiger partial charge < -0.3 is 50.4 Å². The lowest BCUT2D eigenvalue weighted by atomic mass is 10.4. The fourth-order valence-electron chi connectivity index (χ4n) is 1.92. The van der Waals surface area contributed by atoms with Crippen molar-refractivity contribution in [1.82, 2.24) is 9.97 Å². The summed E-state index contributed by atoms with van der Waals surface area (Å²) in [5.74, 6) is -0.387. The number of nitrogens with two attached hydrogens (primary N) is 2. The summed E-state index contributed by atoms with van der Waals surface area (Å²) in [4.78, 5) is 24.6. The standard InChI is InChI=1S/C8H15N4O6P.C6H12O3/c9-6-1-7(12-8(10)11-6)17-3-5(2-13)18-4-19(14,15)16;1-6(2)8-4-5(3-7)9-6/h1,5,13H,2-4H2,(H2,14,15,16)(H4,9,10,11,12);5,7H,3-4H2,1-2H3. The molecule has 0 amide bonds. The summed E-state index contributed by atoms with van der Waals surface area (Å²) in [6.45, 7) is 3.57. The first-order chi connectivity index (χ1) is 12.9. The second-order valence-electron chi connectivity index (χ2n) is 6.20. The van der Waals surface area contributed by atoms with Crippen LogP contribution in [0.5, 0.6) is 5.88 Å². The molecule has 0 bridgehead atoms. The highest BCUT2D eigenvalue weighted by Gasteiger charge is 2.31. The van der Waals surface area contributed by atoms with Gasteiger partial charge in [0.15, 0.2) is 5.79 Å². The Labute approximate surface area is 161 Å². The maximum Gasteiger partial charge on any atom is 0.350 e. The van der Waals surface area contributed by atoms with Crippen molar-refractivity contribution < 1.29 is 43.5 Å². The molecule has 1 fully saturated rings. The molecule has 1 aliphatic heterocycles. The van der Waals surface area contributed by atoms with Crippen LogP contribution < -0.4 is 16.2 Å². The Bertz CT molecular complexity index is 637. The summed E-state index contributed by atoms with van der Waals surface area (Å²) in [5, 5.41) is 17.6. The molecule has 0 aliphatic carbocycles. The van der Waals surface area contributed by atoms with Gasteiger partial charge in [0.25, 0.3) is 0 Å². The van der Waals surface area contributed by atoms with E-state index in [1.807, 2.05) is 13.8 Å². The minimum Gasteiger partial charge on any atom is -0.475 e.